The summed E-state index contributed by atoms with van der Waals surface area (Å²) in [5.41, 5.74) is 4.93. The topological polar surface area (TPSA) is 121 Å². The predicted octanol–water partition coefficient (Wildman–Crippen LogP) is -1.77. The molecular formula is C5H9NO5. The van der Waals surface area contributed by atoms with E-state index in [9.17, 15) is 9.59 Å². The van der Waals surface area contributed by atoms with Crippen LogP contribution in [0.1, 0.15) is 6.42 Å². The van der Waals surface area contributed by atoms with Gasteiger partial charge in [-0.15, -0.1) is 0 Å². The SMILES string of the molecule is N[C@H](C[C@@H](O)C(=O)O)C(=O)O. The number of aliphatic hydroxyl groups excluding tert-OH is 1. The van der Waals surface area contributed by atoms with Gasteiger partial charge in [0.25, 0.3) is 0 Å². The zero-order valence-corrected chi connectivity index (χ0v) is 5.60. The average molecular weight is 163 g/mol. The molecule has 0 aromatic heterocycles. The molecule has 0 fully saturated rings. The van der Waals surface area contributed by atoms with Crippen LogP contribution in [0.2, 0.25) is 0 Å². The minimum Gasteiger partial charge on any atom is -0.480 e. The molecule has 0 unspecified atom stereocenters. The van der Waals surface area contributed by atoms with Crippen LogP contribution < -0.4 is 5.73 Å². The van der Waals surface area contributed by atoms with Gasteiger partial charge in [-0.25, -0.2) is 4.79 Å². The fourth-order valence-corrected chi connectivity index (χ4v) is 0.442. The van der Waals surface area contributed by atoms with Gasteiger partial charge in [-0.3, -0.25) is 4.79 Å². The van der Waals surface area contributed by atoms with Gasteiger partial charge >= 0.3 is 11.9 Å². The summed E-state index contributed by atoms with van der Waals surface area (Å²) in [7, 11) is 0. The Hall–Kier alpha value is -1.14. The molecule has 0 heterocycles. The maximum Gasteiger partial charge on any atom is 0.332 e. The summed E-state index contributed by atoms with van der Waals surface area (Å²) in [6.45, 7) is 0. The van der Waals surface area contributed by atoms with Crippen molar-refractivity contribution in [3.8, 4) is 0 Å². The molecule has 0 radical (unpaired) electrons. The minimum atomic E-state index is -1.71. The first-order chi connectivity index (χ1) is 4.95. The molecule has 2 atom stereocenters. The molecule has 0 rings (SSSR count). The summed E-state index contributed by atoms with van der Waals surface area (Å²) in [4.78, 5) is 20.0. The van der Waals surface area contributed by atoms with Crippen LogP contribution in [0.3, 0.4) is 0 Å². The van der Waals surface area contributed by atoms with Crippen LogP contribution in [-0.4, -0.2) is 39.4 Å². The predicted molar refractivity (Wildman–Crippen MR) is 33.9 cm³/mol. The first kappa shape index (κ1) is 9.86. The van der Waals surface area contributed by atoms with E-state index >= 15 is 0 Å². The van der Waals surface area contributed by atoms with E-state index in [1.807, 2.05) is 0 Å². The maximum atomic E-state index is 10.0. The van der Waals surface area contributed by atoms with Gasteiger partial charge in [0, 0.05) is 6.42 Å². The summed E-state index contributed by atoms with van der Waals surface area (Å²) in [6, 6.07) is -1.33. The number of hydrogen-bond acceptors (Lipinski definition) is 4. The van der Waals surface area contributed by atoms with E-state index in [0.29, 0.717) is 0 Å². The van der Waals surface area contributed by atoms with Gasteiger partial charge in [0.05, 0.1) is 0 Å². The molecule has 0 saturated carbocycles. The monoisotopic (exact) mass is 163 g/mol. The molecule has 0 spiro atoms. The molecule has 6 nitrogen and oxygen atoms in total. The van der Waals surface area contributed by atoms with Crippen molar-refractivity contribution in [2.24, 2.45) is 5.73 Å². The van der Waals surface area contributed by atoms with Gasteiger partial charge in [0.2, 0.25) is 0 Å². The molecule has 0 aromatic carbocycles. The van der Waals surface area contributed by atoms with Gasteiger partial charge < -0.3 is 21.1 Å². The van der Waals surface area contributed by atoms with Crippen LogP contribution in [0.4, 0.5) is 0 Å². The van der Waals surface area contributed by atoms with E-state index in [2.05, 4.69) is 0 Å². The first-order valence-electron chi connectivity index (χ1n) is 2.84. The average Bonchev–Trinajstić information content (AvgIpc) is 1.87. The Morgan fingerprint density at radius 1 is 1.27 bits per heavy atom. The maximum absolute atomic E-state index is 10.0. The summed E-state index contributed by atoms with van der Waals surface area (Å²) in [5, 5.41) is 24.9. The first-order valence-corrected chi connectivity index (χ1v) is 2.84. The quantitative estimate of drug-likeness (QED) is 0.389. The van der Waals surface area contributed by atoms with Crippen LogP contribution in [-0.2, 0) is 9.59 Å². The number of hydrogen-bond donors (Lipinski definition) is 4. The van der Waals surface area contributed by atoms with Crippen molar-refractivity contribution in [2.45, 2.75) is 18.6 Å². The van der Waals surface area contributed by atoms with Crippen LogP contribution in [0.15, 0.2) is 0 Å². The van der Waals surface area contributed by atoms with E-state index in [1.165, 1.54) is 0 Å². The number of carboxylic acid groups (broad SMARTS) is 2. The molecule has 0 saturated heterocycles. The van der Waals surface area contributed by atoms with E-state index in [1.54, 1.807) is 0 Å². The molecule has 64 valence electrons. The lowest BCUT2D eigenvalue weighted by Crippen LogP contribution is -2.36. The molecule has 0 aliphatic heterocycles. The Labute approximate surface area is 62.2 Å². The van der Waals surface area contributed by atoms with E-state index in [0.717, 1.165) is 0 Å². The number of aliphatic hydroxyl groups is 1. The lowest BCUT2D eigenvalue weighted by Gasteiger charge is -2.07. The van der Waals surface area contributed by atoms with Crippen molar-refractivity contribution in [3.63, 3.8) is 0 Å². The smallest absolute Gasteiger partial charge is 0.332 e. The van der Waals surface area contributed by atoms with Crippen LogP contribution in [0, 0.1) is 0 Å². The fourth-order valence-electron chi connectivity index (χ4n) is 0.442. The van der Waals surface area contributed by atoms with Crippen LogP contribution in [0.25, 0.3) is 0 Å². The van der Waals surface area contributed by atoms with E-state index in [4.69, 9.17) is 21.1 Å². The Morgan fingerprint density at radius 3 is 2.00 bits per heavy atom. The highest BCUT2D eigenvalue weighted by Crippen LogP contribution is 1.95. The highest BCUT2D eigenvalue weighted by atomic mass is 16.4. The number of carboxylic acids is 2. The standard InChI is InChI=1S/C5H9NO5/c6-2(4(8)9)1-3(7)5(10)11/h2-3,7H,1,6H2,(H,8,9)(H,10,11)/t2-,3-/m1/s1. The molecule has 0 aromatic rings. The van der Waals surface area contributed by atoms with Gasteiger partial charge in [-0.05, 0) is 0 Å². The molecule has 0 amide bonds. The van der Waals surface area contributed by atoms with Crippen molar-refractivity contribution in [1.82, 2.24) is 0 Å². The normalized spacial score (nSPS) is 15.5. The Bertz CT molecular complexity index is 150. The van der Waals surface area contributed by atoms with Gasteiger partial charge in [0.15, 0.2) is 6.10 Å². The van der Waals surface area contributed by atoms with Crippen molar-refractivity contribution in [2.75, 3.05) is 0 Å². The molecule has 0 bridgehead atoms. The lowest BCUT2D eigenvalue weighted by molar-refractivity contribution is -0.148. The highest BCUT2D eigenvalue weighted by Gasteiger charge is 2.21. The zero-order valence-electron chi connectivity index (χ0n) is 5.60. The number of aliphatic carboxylic acids is 2. The molecule has 11 heavy (non-hydrogen) atoms. The Balaban J connectivity index is 3.84. The second-order valence-electron chi connectivity index (χ2n) is 2.03. The highest BCUT2D eigenvalue weighted by molar-refractivity contribution is 5.76. The van der Waals surface area contributed by atoms with Gasteiger partial charge in [0.1, 0.15) is 6.04 Å². The summed E-state index contributed by atoms with van der Waals surface area (Å²) < 4.78 is 0. The second kappa shape index (κ2) is 3.89. The second-order valence-corrected chi connectivity index (χ2v) is 2.03. The number of nitrogens with two attached hydrogens (primary N) is 1. The lowest BCUT2D eigenvalue weighted by atomic mass is 10.1. The van der Waals surface area contributed by atoms with Gasteiger partial charge in [-0.1, -0.05) is 0 Å². The van der Waals surface area contributed by atoms with Crippen LogP contribution in [0.5, 0.6) is 0 Å². The van der Waals surface area contributed by atoms with Crippen molar-refractivity contribution < 1.29 is 24.9 Å². The van der Waals surface area contributed by atoms with Crippen molar-refractivity contribution >= 4 is 11.9 Å². The third-order valence-electron chi connectivity index (χ3n) is 1.08. The summed E-state index contributed by atoms with van der Waals surface area (Å²) >= 11 is 0. The largest absolute Gasteiger partial charge is 0.480 e. The molecule has 5 N–H and O–H groups in total. The van der Waals surface area contributed by atoms with Crippen molar-refractivity contribution in [3.05, 3.63) is 0 Å². The fraction of sp³-hybridized carbons (Fsp3) is 0.600. The molecule has 0 aliphatic rings. The Kier molecular flexibility index (Phi) is 3.49. The minimum absolute atomic E-state index is 0.481. The van der Waals surface area contributed by atoms with E-state index in [-0.39, 0.29) is 0 Å². The van der Waals surface area contributed by atoms with Crippen LogP contribution >= 0.6 is 0 Å². The number of rotatable bonds is 4. The summed E-state index contributed by atoms with van der Waals surface area (Å²) in [5.74, 6) is -2.80. The zero-order chi connectivity index (χ0) is 9.02. The molecule has 6 heteroatoms. The number of carbonyl (C=O) groups is 2. The van der Waals surface area contributed by atoms with Crippen molar-refractivity contribution in [1.29, 1.82) is 0 Å². The Morgan fingerprint density at radius 2 is 1.73 bits per heavy atom. The van der Waals surface area contributed by atoms with Gasteiger partial charge in [-0.2, -0.15) is 0 Å². The molecular weight excluding hydrogens is 154 g/mol. The van der Waals surface area contributed by atoms with E-state index < -0.39 is 30.5 Å². The third kappa shape index (κ3) is 3.54. The molecule has 0 aliphatic carbocycles. The third-order valence-corrected chi connectivity index (χ3v) is 1.08. The summed E-state index contributed by atoms with van der Waals surface area (Å²) in [6.07, 6.45) is -2.19.